The second-order valence-electron chi connectivity index (χ2n) is 6.28. The molecule has 26 heavy (non-hydrogen) atoms. The standard InChI is InChI=1S/C16H11Cl6NO3/c1-6-3-2-4-7(5-6)23-12(24)8-9(13(25)26)15(20)11(18)10(17)14(8,19)16(15,21)22/h2-5,8-9H,1H3,(H,23,24)(H,25,26)/t8-,9-,14-,15-/m0/s1. The number of fused-ring (bicyclic) bond motifs is 2. The topological polar surface area (TPSA) is 66.4 Å². The number of aliphatic carboxylic acids is 1. The molecule has 2 aliphatic rings. The third-order valence-corrected chi connectivity index (χ3v) is 9.03. The van der Waals surface area contributed by atoms with Gasteiger partial charge in [-0.05, 0) is 24.6 Å². The SMILES string of the molecule is Cc1cccc(NC(=O)[C@@H]2[C@@H](C(=O)O)[C@]3(Cl)C(Cl)=C(Cl)[C@]2(Cl)C3(Cl)Cl)c1. The molecule has 1 amide bonds. The van der Waals surface area contributed by atoms with Crippen LogP contribution in [0, 0.1) is 18.8 Å². The Kier molecular flexibility index (Phi) is 4.96. The van der Waals surface area contributed by atoms with Gasteiger partial charge in [0.2, 0.25) is 5.91 Å². The largest absolute Gasteiger partial charge is 0.481 e. The molecule has 1 fully saturated rings. The number of hydrogen-bond acceptors (Lipinski definition) is 2. The summed E-state index contributed by atoms with van der Waals surface area (Å²) in [6, 6.07) is 6.92. The van der Waals surface area contributed by atoms with Crippen molar-refractivity contribution < 1.29 is 14.7 Å². The number of aryl methyl sites for hydroxylation is 1. The van der Waals surface area contributed by atoms with Gasteiger partial charge < -0.3 is 10.4 Å². The molecule has 2 bridgehead atoms. The summed E-state index contributed by atoms with van der Waals surface area (Å²) in [5.41, 5.74) is 1.34. The summed E-state index contributed by atoms with van der Waals surface area (Å²) in [4.78, 5) is 20.9. The van der Waals surface area contributed by atoms with E-state index in [0.29, 0.717) is 5.69 Å². The van der Waals surface area contributed by atoms with Crippen molar-refractivity contribution in [3.8, 4) is 0 Å². The van der Waals surface area contributed by atoms with Crippen LogP contribution in [0.5, 0.6) is 0 Å². The number of benzene rings is 1. The predicted octanol–water partition coefficient (Wildman–Crippen LogP) is 5.10. The van der Waals surface area contributed by atoms with Crippen LogP contribution >= 0.6 is 69.6 Å². The normalized spacial score (nSPS) is 34.9. The lowest BCUT2D eigenvalue weighted by Crippen LogP contribution is -2.47. The molecule has 10 heteroatoms. The summed E-state index contributed by atoms with van der Waals surface area (Å²) >= 11 is 38.1. The highest BCUT2D eigenvalue weighted by Crippen LogP contribution is 2.76. The lowest BCUT2D eigenvalue weighted by Gasteiger charge is -2.33. The summed E-state index contributed by atoms with van der Waals surface area (Å²) in [6.45, 7) is 1.84. The van der Waals surface area contributed by atoms with Gasteiger partial charge in [-0.2, -0.15) is 0 Å². The molecule has 0 spiro atoms. The molecule has 1 aromatic rings. The van der Waals surface area contributed by atoms with Gasteiger partial charge in [0.25, 0.3) is 0 Å². The van der Waals surface area contributed by atoms with Crippen LogP contribution in [-0.2, 0) is 9.59 Å². The van der Waals surface area contributed by atoms with Gasteiger partial charge >= 0.3 is 5.97 Å². The maximum atomic E-state index is 13.0. The Balaban J connectivity index is 2.11. The van der Waals surface area contributed by atoms with E-state index in [0.717, 1.165) is 5.56 Å². The van der Waals surface area contributed by atoms with Gasteiger partial charge in [-0.1, -0.05) is 58.5 Å². The summed E-state index contributed by atoms with van der Waals surface area (Å²) in [5, 5.41) is 11.8. The van der Waals surface area contributed by atoms with E-state index < -0.39 is 37.8 Å². The molecule has 1 aromatic carbocycles. The molecule has 1 saturated carbocycles. The van der Waals surface area contributed by atoms with Crippen molar-refractivity contribution in [1.82, 2.24) is 0 Å². The number of carboxylic acids is 1. The van der Waals surface area contributed by atoms with Gasteiger partial charge in [-0.25, -0.2) is 0 Å². The first-order chi connectivity index (χ1) is 11.9. The van der Waals surface area contributed by atoms with Gasteiger partial charge in [0, 0.05) is 5.69 Å². The molecule has 4 nitrogen and oxygen atoms in total. The van der Waals surface area contributed by atoms with Gasteiger partial charge in [0.05, 0.1) is 21.9 Å². The fourth-order valence-corrected chi connectivity index (χ4v) is 6.51. The Bertz CT molecular complexity index is 856. The number of carbonyl (C=O) groups is 2. The van der Waals surface area contributed by atoms with Crippen molar-refractivity contribution in [2.45, 2.75) is 21.0 Å². The molecule has 4 atom stereocenters. The lowest BCUT2D eigenvalue weighted by atomic mass is 9.81. The van der Waals surface area contributed by atoms with Gasteiger partial charge in [0.1, 0.15) is 9.75 Å². The highest BCUT2D eigenvalue weighted by atomic mass is 35.5. The summed E-state index contributed by atoms with van der Waals surface area (Å²) in [7, 11) is 0. The van der Waals surface area contributed by atoms with Crippen molar-refractivity contribution in [1.29, 1.82) is 0 Å². The summed E-state index contributed by atoms with van der Waals surface area (Å²) in [6.07, 6.45) is 0. The second-order valence-corrected chi connectivity index (χ2v) is 9.55. The Morgan fingerprint density at radius 2 is 1.58 bits per heavy atom. The number of anilines is 1. The van der Waals surface area contributed by atoms with Crippen LogP contribution in [0.4, 0.5) is 5.69 Å². The number of hydrogen-bond donors (Lipinski definition) is 2. The van der Waals surface area contributed by atoms with Crippen molar-refractivity contribution in [3.05, 3.63) is 39.9 Å². The monoisotopic (exact) mass is 475 g/mol. The molecule has 3 rings (SSSR count). The molecular formula is C16H11Cl6NO3. The Morgan fingerprint density at radius 3 is 2.08 bits per heavy atom. The van der Waals surface area contributed by atoms with E-state index >= 15 is 0 Å². The van der Waals surface area contributed by atoms with E-state index in [9.17, 15) is 14.7 Å². The van der Waals surface area contributed by atoms with E-state index in [-0.39, 0.29) is 10.1 Å². The minimum absolute atomic E-state index is 0.234. The number of alkyl halides is 4. The molecule has 0 heterocycles. The molecular weight excluding hydrogens is 467 g/mol. The molecule has 0 saturated heterocycles. The first-order valence-corrected chi connectivity index (χ1v) is 9.59. The van der Waals surface area contributed by atoms with Gasteiger partial charge in [-0.3, -0.25) is 9.59 Å². The first kappa shape index (κ1) is 20.4. The zero-order valence-electron chi connectivity index (χ0n) is 13.0. The van der Waals surface area contributed by atoms with Crippen LogP contribution in [0.2, 0.25) is 0 Å². The average Bonchev–Trinajstić information content (AvgIpc) is 2.74. The quantitative estimate of drug-likeness (QED) is 0.595. The maximum absolute atomic E-state index is 13.0. The number of nitrogens with one attached hydrogen (secondary N) is 1. The van der Waals surface area contributed by atoms with E-state index in [1.165, 1.54) is 0 Å². The number of halogens is 6. The van der Waals surface area contributed by atoms with Gasteiger partial charge in [0.15, 0.2) is 4.33 Å². The maximum Gasteiger partial charge on any atom is 0.309 e. The van der Waals surface area contributed by atoms with Crippen molar-refractivity contribution in [3.63, 3.8) is 0 Å². The van der Waals surface area contributed by atoms with E-state index in [1.54, 1.807) is 18.2 Å². The molecule has 0 aromatic heterocycles. The molecule has 0 aliphatic heterocycles. The Hall–Kier alpha value is -0.360. The van der Waals surface area contributed by atoms with Crippen LogP contribution in [-0.4, -0.2) is 31.1 Å². The zero-order valence-corrected chi connectivity index (χ0v) is 17.5. The first-order valence-electron chi connectivity index (χ1n) is 7.33. The lowest BCUT2D eigenvalue weighted by molar-refractivity contribution is -0.146. The minimum Gasteiger partial charge on any atom is -0.481 e. The number of carboxylic acid groups (broad SMARTS) is 1. The average molecular weight is 478 g/mol. The summed E-state index contributed by atoms with van der Waals surface area (Å²) in [5.74, 6) is -5.19. The third-order valence-electron chi connectivity index (χ3n) is 4.77. The van der Waals surface area contributed by atoms with Crippen LogP contribution < -0.4 is 5.32 Å². The van der Waals surface area contributed by atoms with Crippen molar-refractivity contribution in [2.75, 3.05) is 5.32 Å². The smallest absolute Gasteiger partial charge is 0.309 e. The number of carbonyl (C=O) groups excluding carboxylic acids is 1. The number of amides is 1. The fourth-order valence-electron chi connectivity index (χ4n) is 3.57. The fraction of sp³-hybridized carbons (Fsp3) is 0.375. The third kappa shape index (κ3) is 2.36. The Morgan fingerprint density at radius 1 is 1.04 bits per heavy atom. The van der Waals surface area contributed by atoms with E-state index in [2.05, 4.69) is 5.32 Å². The molecule has 140 valence electrons. The number of allylic oxidation sites excluding steroid dienone is 2. The molecule has 0 radical (unpaired) electrons. The van der Waals surface area contributed by atoms with Crippen LogP contribution in [0.15, 0.2) is 34.3 Å². The van der Waals surface area contributed by atoms with Crippen LogP contribution in [0.25, 0.3) is 0 Å². The predicted molar refractivity (Wildman–Crippen MR) is 105 cm³/mol. The molecule has 2 aliphatic carbocycles. The number of rotatable bonds is 3. The second kappa shape index (κ2) is 6.33. The zero-order chi connectivity index (χ0) is 19.7. The minimum atomic E-state index is -2.12. The molecule has 2 N–H and O–H groups in total. The highest BCUT2D eigenvalue weighted by Gasteiger charge is 2.85. The molecule has 0 unspecified atom stereocenters. The van der Waals surface area contributed by atoms with Crippen molar-refractivity contribution in [2.24, 2.45) is 11.8 Å². The van der Waals surface area contributed by atoms with E-state index in [1.807, 2.05) is 13.0 Å². The van der Waals surface area contributed by atoms with Gasteiger partial charge in [-0.15, -0.1) is 23.2 Å². The Labute approximate surface area is 179 Å². The van der Waals surface area contributed by atoms with Crippen LogP contribution in [0.1, 0.15) is 5.56 Å². The van der Waals surface area contributed by atoms with E-state index in [4.69, 9.17) is 69.6 Å². The summed E-state index contributed by atoms with van der Waals surface area (Å²) < 4.78 is -2.12. The van der Waals surface area contributed by atoms with Crippen LogP contribution in [0.3, 0.4) is 0 Å². The highest BCUT2D eigenvalue weighted by molar-refractivity contribution is 6.66. The van der Waals surface area contributed by atoms with Crippen molar-refractivity contribution >= 4 is 87.2 Å².